The van der Waals surface area contributed by atoms with Crippen LogP contribution in [0, 0.1) is 5.92 Å². The number of nitrogens with one attached hydrogen (secondary N) is 2. The standard InChI is InChI=1S/C20H35N3O2.2ClH/c24-19(14-16-12-17-4-5-18(13-16)22-17)21-15-20(6-10-25-11-7-20)23-8-2-1-3-9-23;;/h16-18,22H,1-15H2,(H,21,24);2*1H. The van der Waals surface area contributed by atoms with E-state index in [0.717, 1.165) is 39.0 Å². The first kappa shape index (κ1) is 23.2. The fourth-order valence-corrected chi connectivity index (χ4v) is 5.66. The Labute approximate surface area is 176 Å². The monoisotopic (exact) mass is 421 g/mol. The average Bonchev–Trinajstić information content (AvgIpc) is 3.00. The molecule has 4 fully saturated rings. The summed E-state index contributed by atoms with van der Waals surface area (Å²) in [7, 11) is 0. The smallest absolute Gasteiger partial charge is 0.220 e. The van der Waals surface area contributed by atoms with Crippen molar-refractivity contribution in [1.82, 2.24) is 15.5 Å². The van der Waals surface area contributed by atoms with Crippen molar-refractivity contribution in [2.75, 3.05) is 32.8 Å². The molecular weight excluding hydrogens is 385 g/mol. The van der Waals surface area contributed by atoms with Crippen LogP contribution in [0.3, 0.4) is 0 Å². The number of amides is 1. The van der Waals surface area contributed by atoms with Crippen molar-refractivity contribution < 1.29 is 9.53 Å². The topological polar surface area (TPSA) is 53.6 Å². The third-order valence-electron chi connectivity index (χ3n) is 7.11. The van der Waals surface area contributed by atoms with Crippen molar-refractivity contribution in [1.29, 1.82) is 0 Å². The molecule has 4 rings (SSSR count). The van der Waals surface area contributed by atoms with Crippen molar-refractivity contribution in [3.63, 3.8) is 0 Å². The largest absolute Gasteiger partial charge is 0.381 e. The van der Waals surface area contributed by atoms with Crippen LogP contribution in [-0.4, -0.2) is 61.3 Å². The lowest BCUT2D eigenvalue weighted by atomic mass is 9.85. The number of hydrogen-bond donors (Lipinski definition) is 2. The highest BCUT2D eigenvalue weighted by molar-refractivity contribution is 5.85. The molecule has 5 nitrogen and oxygen atoms in total. The molecule has 27 heavy (non-hydrogen) atoms. The third kappa shape index (κ3) is 5.72. The van der Waals surface area contributed by atoms with Gasteiger partial charge < -0.3 is 15.4 Å². The summed E-state index contributed by atoms with van der Waals surface area (Å²) in [5, 5.41) is 7.01. The number of fused-ring (bicyclic) bond motifs is 2. The first-order valence-corrected chi connectivity index (χ1v) is 10.6. The van der Waals surface area contributed by atoms with E-state index in [0.29, 0.717) is 18.0 Å². The Morgan fingerprint density at radius 3 is 2.30 bits per heavy atom. The Kier molecular flexibility index (Phi) is 9.14. The first-order chi connectivity index (χ1) is 12.2. The van der Waals surface area contributed by atoms with Crippen molar-refractivity contribution in [2.45, 2.75) is 81.8 Å². The summed E-state index contributed by atoms with van der Waals surface area (Å²) in [6.07, 6.45) is 11.8. The molecule has 0 radical (unpaired) electrons. The molecule has 4 aliphatic heterocycles. The van der Waals surface area contributed by atoms with Crippen LogP contribution >= 0.6 is 24.8 Å². The van der Waals surface area contributed by atoms with Crippen LogP contribution in [0.15, 0.2) is 0 Å². The molecule has 158 valence electrons. The highest BCUT2D eigenvalue weighted by atomic mass is 35.5. The molecule has 4 heterocycles. The number of carbonyl (C=O) groups excluding carboxylic acids is 1. The van der Waals surface area contributed by atoms with Gasteiger partial charge in [-0.25, -0.2) is 0 Å². The van der Waals surface area contributed by atoms with E-state index in [9.17, 15) is 4.79 Å². The van der Waals surface area contributed by atoms with E-state index in [2.05, 4.69) is 15.5 Å². The molecule has 0 aromatic carbocycles. The first-order valence-electron chi connectivity index (χ1n) is 10.6. The summed E-state index contributed by atoms with van der Waals surface area (Å²) in [5.41, 5.74) is 0.140. The maximum Gasteiger partial charge on any atom is 0.220 e. The van der Waals surface area contributed by atoms with Gasteiger partial charge in [0.25, 0.3) is 0 Å². The van der Waals surface area contributed by atoms with Gasteiger partial charge in [0.15, 0.2) is 0 Å². The molecule has 0 aliphatic carbocycles. The Balaban J connectivity index is 0.00000131. The molecule has 4 aliphatic rings. The number of likely N-dealkylation sites (tertiary alicyclic amines) is 1. The predicted molar refractivity (Wildman–Crippen MR) is 113 cm³/mol. The molecule has 7 heteroatoms. The molecule has 0 aromatic heterocycles. The highest BCUT2D eigenvalue weighted by Crippen LogP contribution is 2.33. The van der Waals surface area contributed by atoms with E-state index in [1.165, 1.54) is 58.0 Å². The van der Waals surface area contributed by atoms with Gasteiger partial charge in [-0.3, -0.25) is 9.69 Å². The molecule has 2 bridgehead atoms. The van der Waals surface area contributed by atoms with E-state index in [4.69, 9.17) is 4.74 Å². The quantitative estimate of drug-likeness (QED) is 0.716. The zero-order valence-electron chi connectivity index (χ0n) is 16.4. The van der Waals surface area contributed by atoms with Gasteiger partial charge in [0.1, 0.15) is 0 Å². The van der Waals surface area contributed by atoms with Crippen molar-refractivity contribution in [3.8, 4) is 0 Å². The predicted octanol–water partition coefficient (Wildman–Crippen LogP) is 2.90. The van der Waals surface area contributed by atoms with E-state index >= 15 is 0 Å². The summed E-state index contributed by atoms with van der Waals surface area (Å²) in [6, 6.07) is 1.35. The maximum atomic E-state index is 12.6. The van der Waals surface area contributed by atoms with Crippen molar-refractivity contribution >= 4 is 30.7 Å². The van der Waals surface area contributed by atoms with Crippen LogP contribution < -0.4 is 10.6 Å². The summed E-state index contributed by atoms with van der Waals surface area (Å²) < 4.78 is 5.63. The Morgan fingerprint density at radius 1 is 1.04 bits per heavy atom. The minimum absolute atomic E-state index is 0. The number of piperidine rings is 2. The van der Waals surface area contributed by atoms with Crippen LogP contribution in [0.2, 0.25) is 0 Å². The second kappa shape index (κ2) is 10.6. The van der Waals surface area contributed by atoms with E-state index in [1.54, 1.807) is 0 Å². The summed E-state index contributed by atoms with van der Waals surface area (Å²) in [5.74, 6) is 0.855. The van der Waals surface area contributed by atoms with E-state index in [1.807, 2.05) is 0 Å². The summed E-state index contributed by atoms with van der Waals surface area (Å²) in [6.45, 7) is 4.86. The van der Waals surface area contributed by atoms with E-state index < -0.39 is 0 Å². The van der Waals surface area contributed by atoms with Gasteiger partial charge in [-0.15, -0.1) is 24.8 Å². The number of hydrogen-bond acceptors (Lipinski definition) is 4. The molecule has 2 N–H and O–H groups in total. The molecule has 0 saturated carbocycles. The van der Waals surface area contributed by atoms with Crippen LogP contribution in [0.5, 0.6) is 0 Å². The lowest BCUT2D eigenvalue weighted by molar-refractivity contribution is -0.123. The Bertz CT molecular complexity index is 456. The zero-order chi connectivity index (χ0) is 17.1. The van der Waals surface area contributed by atoms with Gasteiger partial charge in [0.05, 0.1) is 0 Å². The molecule has 0 aromatic rings. The highest BCUT2D eigenvalue weighted by Gasteiger charge is 2.39. The maximum absolute atomic E-state index is 12.6. The molecular formula is C20H37Cl2N3O2. The van der Waals surface area contributed by atoms with Gasteiger partial charge in [0.2, 0.25) is 5.91 Å². The number of rotatable bonds is 5. The van der Waals surface area contributed by atoms with E-state index in [-0.39, 0.29) is 36.3 Å². The number of carbonyl (C=O) groups is 1. The van der Waals surface area contributed by atoms with Crippen LogP contribution in [0.25, 0.3) is 0 Å². The fourth-order valence-electron chi connectivity index (χ4n) is 5.66. The van der Waals surface area contributed by atoms with Gasteiger partial charge >= 0.3 is 0 Å². The summed E-state index contributed by atoms with van der Waals surface area (Å²) >= 11 is 0. The van der Waals surface area contributed by atoms with Gasteiger partial charge in [-0.2, -0.15) is 0 Å². The minimum atomic E-state index is 0. The fraction of sp³-hybridized carbons (Fsp3) is 0.950. The molecule has 4 saturated heterocycles. The van der Waals surface area contributed by atoms with Gasteiger partial charge in [0, 0.05) is 43.8 Å². The average molecular weight is 422 g/mol. The number of nitrogens with zero attached hydrogens (tertiary/aromatic N) is 1. The normalized spacial score (nSPS) is 32.8. The molecule has 2 atom stereocenters. The molecule has 2 unspecified atom stereocenters. The SMILES string of the molecule is Cl.Cl.O=C(CC1CC2CCC(C1)N2)NCC1(N2CCCCC2)CCOCC1. The lowest BCUT2D eigenvalue weighted by Gasteiger charge is -2.48. The second-order valence-corrected chi connectivity index (χ2v) is 8.84. The third-order valence-corrected chi connectivity index (χ3v) is 7.11. The summed E-state index contributed by atoms with van der Waals surface area (Å²) in [4.78, 5) is 15.3. The molecule has 1 amide bonds. The van der Waals surface area contributed by atoms with Crippen LogP contribution in [0.1, 0.15) is 64.2 Å². The second-order valence-electron chi connectivity index (χ2n) is 8.84. The Morgan fingerprint density at radius 2 is 1.67 bits per heavy atom. The van der Waals surface area contributed by atoms with Gasteiger partial charge in [-0.1, -0.05) is 6.42 Å². The van der Waals surface area contributed by atoms with Crippen molar-refractivity contribution in [3.05, 3.63) is 0 Å². The number of ether oxygens (including phenoxy) is 1. The Hall–Kier alpha value is -0.0700. The van der Waals surface area contributed by atoms with Crippen molar-refractivity contribution in [2.24, 2.45) is 5.92 Å². The van der Waals surface area contributed by atoms with Gasteiger partial charge in [-0.05, 0) is 70.4 Å². The lowest BCUT2D eigenvalue weighted by Crippen LogP contribution is -2.59. The van der Waals surface area contributed by atoms with Crippen LogP contribution in [-0.2, 0) is 9.53 Å². The molecule has 0 spiro atoms. The number of halogens is 2. The van der Waals surface area contributed by atoms with Crippen LogP contribution in [0.4, 0.5) is 0 Å². The minimum Gasteiger partial charge on any atom is -0.381 e. The zero-order valence-corrected chi connectivity index (χ0v) is 18.1.